The third-order valence-electron chi connectivity index (χ3n) is 4.32. The second kappa shape index (κ2) is 9.81. The third kappa shape index (κ3) is 5.27. The molecule has 0 saturated carbocycles. The number of hydrazine groups is 1. The summed E-state index contributed by atoms with van der Waals surface area (Å²) >= 11 is 3.11. The third-order valence-corrected chi connectivity index (χ3v) is 4.75. The van der Waals surface area contributed by atoms with Gasteiger partial charge in [-0.3, -0.25) is 20.2 Å². The Labute approximate surface area is 171 Å². The number of rotatable bonds is 5. The molecule has 1 aliphatic heterocycles. The summed E-state index contributed by atoms with van der Waals surface area (Å²) in [4.78, 5) is 39.5. The summed E-state index contributed by atoms with van der Waals surface area (Å²) in [5.74, 6) is -0.554. The van der Waals surface area contributed by atoms with E-state index >= 15 is 0 Å². The summed E-state index contributed by atoms with van der Waals surface area (Å²) in [6, 6.07) is -0.132. The van der Waals surface area contributed by atoms with Crippen LogP contribution in [0.25, 0.3) is 0 Å². The van der Waals surface area contributed by atoms with Gasteiger partial charge in [-0.25, -0.2) is 19.8 Å². The van der Waals surface area contributed by atoms with Gasteiger partial charge in [0.1, 0.15) is 0 Å². The van der Waals surface area contributed by atoms with Crippen LogP contribution in [0.5, 0.6) is 0 Å². The van der Waals surface area contributed by atoms with Crippen molar-refractivity contribution in [2.45, 2.75) is 32.7 Å². The van der Waals surface area contributed by atoms with Crippen LogP contribution >= 0.6 is 28.3 Å². The number of nitrogens with one attached hydrogen (secondary N) is 1. The van der Waals surface area contributed by atoms with E-state index in [4.69, 9.17) is 5.73 Å². The SMILES string of the molecule is CCC(C)C(N)C(=O)N1CCCN1C(=O)Nc1ncc(Br)cc1[N+](=O)[O-].Cl. The number of hydrogen-bond donors (Lipinski definition) is 2. The van der Waals surface area contributed by atoms with E-state index in [1.54, 1.807) is 0 Å². The average Bonchev–Trinajstić information content (AvgIpc) is 3.10. The lowest BCUT2D eigenvalue weighted by Crippen LogP contribution is -2.53. The van der Waals surface area contributed by atoms with Crippen LogP contribution < -0.4 is 11.1 Å². The van der Waals surface area contributed by atoms with Crippen molar-refractivity contribution in [3.8, 4) is 0 Å². The van der Waals surface area contributed by atoms with E-state index < -0.39 is 17.0 Å². The summed E-state index contributed by atoms with van der Waals surface area (Å²) in [6.07, 6.45) is 2.68. The first-order valence-corrected chi connectivity index (χ1v) is 9.00. The van der Waals surface area contributed by atoms with Crippen LogP contribution in [0.3, 0.4) is 0 Å². The summed E-state index contributed by atoms with van der Waals surface area (Å²) in [5.41, 5.74) is 5.64. The first-order valence-electron chi connectivity index (χ1n) is 8.21. The fourth-order valence-electron chi connectivity index (χ4n) is 2.55. The Hall–Kier alpha value is -1.98. The highest BCUT2D eigenvalue weighted by Gasteiger charge is 2.35. The van der Waals surface area contributed by atoms with Crippen molar-refractivity contribution in [1.29, 1.82) is 0 Å². The predicted molar refractivity (Wildman–Crippen MR) is 105 cm³/mol. The Kier molecular flexibility index (Phi) is 8.38. The summed E-state index contributed by atoms with van der Waals surface area (Å²) in [5, 5.41) is 16.1. The molecule has 2 heterocycles. The Bertz CT molecular complexity index is 722. The summed E-state index contributed by atoms with van der Waals surface area (Å²) in [6.45, 7) is 4.49. The van der Waals surface area contributed by atoms with Gasteiger partial charge < -0.3 is 5.73 Å². The molecule has 0 bridgehead atoms. The number of aromatic nitrogens is 1. The number of amides is 3. The lowest BCUT2D eigenvalue weighted by atomic mass is 9.99. The average molecular weight is 466 g/mol. The summed E-state index contributed by atoms with van der Waals surface area (Å²) < 4.78 is 0.416. The van der Waals surface area contributed by atoms with Crippen molar-refractivity contribution < 1.29 is 14.5 Å². The van der Waals surface area contributed by atoms with Crippen LogP contribution in [-0.2, 0) is 4.79 Å². The largest absolute Gasteiger partial charge is 0.342 e. The van der Waals surface area contributed by atoms with Crippen molar-refractivity contribution in [2.75, 3.05) is 18.4 Å². The first-order chi connectivity index (χ1) is 12.3. The maximum Gasteiger partial charge on any atom is 0.342 e. The monoisotopic (exact) mass is 464 g/mol. The van der Waals surface area contributed by atoms with Crippen LogP contribution in [0, 0.1) is 16.0 Å². The number of nitrogens with two attached hydrogens (primary N) is 1. The van der Waals surface area contributed by atoms with Crippen molar-refractivity contribution in [1.82, 2.24) is 15.0 Å². The zero-order chi connectivity index (χ0) is 19.4. The van der Waals surface area contributed by atoms with Crippen LogP contribution in [0.4, 0.5) is 16.3 Å². The molecule has 1 fully saturated rings. The van der Waals surface area contributed by atoms with Gasteiger partial charge >= 0.3 is 11.7 Å². The van der Waals surface area contributed by atoms with Crippen LogP contribution in [0.1, 0.15) is 26.7 Å². The minimum absolute atomic E-state index is 0. The fraction of sp³-hybridized carbons (Fsp3) is 0.533. The van der Waals surface area contributed by atoms with Crippen LogP contribution in [-0.4, -0.2) is 51.0 Å². The number of nitrogens with zero attached hydrogens (tertiary/aromatic N) is 4. The van der Waals surface area contributed by atoms with Gasteiger partial charge in [0.15, 0.2) is 0 Å². The fourth-order valence-corrected chi connectivity index (χ4v) is 2.87. The van der Waals surface area contributed by atoms with E-state index in [-0.39, 0.29) is 35.7 Å². The number of carbonyl (C=O) groups excluding carboxylic acids is 2. The van der Waals surface area contributed by atoms with Gasteiger partial charge in [-0.05, 0) is 28.3 Å². The highest BCUT2D eigenvalue weighted by Crippen LogP contribution is 2.26. The molecule has 2 rings (SSSR count). The minimum Gasteiger partial charge on any atom is -0.320 e. The van der Waals surface area contributed by atoms with Crippen LogP contribution in [0.15, 0.2) is 16.7 Å². The summed E-state index contributed by atoms with van der Waals surface area (Å²) in [7, 11) is 0. The molecule has 27 heavy (non-hydrogen) atoms. The number of hydrogen-bond acceptors (Lipinski definition) is 6. The molecule has 150 valence electrons. The molecule has 2 unspecified atom stereocenters. The number of pyridine rings is 1. The lowest BCUT2D eigenvalue weighted by molar-refractivity contribution is -0.384. The van der Waals surface area contributed by atoms with E-state index in [9.17, 15) is 19.7 Å². The van der Waals surface area contributed by atoms with Gasteiger partial charge in [-0.1, -0.05) is 20.3 Å². The van der Waals surface area contributed by atoms with E-state index in [1.807, 2.05) is 13.8 Å². The lowest BCUT2D eigenvalue weighted by Gasteiger charge is -2.31. The number of nitro groups is 1. The molecule has 0 radical (unpaired) electrons. The minimum atomic E-state index is -0.714. The molecule has 0 aliphatic carbocycles. The number of carbonyl (C=O) groups is 2. The van der Waals surface area contributed by atoms with Gasteiger partial charge in [-0.15, -0.1) is 12.4 Å². The van der Waals surface area contributed by atoms with E-state index in [1.165, 1.54) is 22.3 Å². The normalized spacial score (nSPS) is 15.7. The quantitative estimate of drug-likeness (QED) is 0.507. The zero-order valence-electron chi connectivity index (χ0n) is 14.9. The molecule has 3 N–H and O–H groups in total. The van der Waals surface area contributed by atoms with Crippen molar-refractivity contribution in [3.63, 3.8) is 0 Å². The van der Waals surface area contributed by atoms with Gasteiger partial charge in [0.05, 0.1) is 11.0 Å². The number of urea groups is 1. The second-order valence-corrected chi connectivity index (χ2v) is 6.97. The molecule has 2 atom stereocenters. The molecule has 0 spiro atoms. The highest BCUT2D eigenvalue weighted by molar-refractivity contribution is 9.10. The van der Waals surface area contributed by atoms with E-state index in [0.29, 0.717) is 24.0 Å². The smallest absolute Gasteiger partial charge is 0.320 e. The van der Waals surface area contributed by atoms with E-state index in [2.05, 4.69) is 26.2 Å². The topological polar surface area (TPSA) is 135 Å². The Morgan fingerprint density at radius 2 is 2.07 bits per heavy atom. The first kappa shape index (κ1) is 23.1. The van der Waals surface area contributed by atoms with Gasteiger partial charge in [0.25, 0.3) is 5.91 Å². The Balaban J connectivity index is 0.00000364. The zero-order valence-corrected chi connectivity index (χ0v) is 17.3. The molecule has 1 aromatic heterocycles. The number of halogens is 2. The molecule has 1 aliphatic rings. The molecule has 1 saturated heterocycles. The molecule has 3 amide bonds. The highest BCUT2D eigenvalue weighted by atomic mass is 79.9. The van der Waals surface area contributed by atoms with Crippen molar-refractivity contribution in [3.05, 3.63) is 26.9 Å². The van der Waals surface area contributed by atoms with Crippen LogP contribution in [0.2, 0.25) is 0 Å². The Morgan fingerprint density at radius 1 is 1.44 bits per heavy atom. The molecular weight excluding hydrogens is 444 g/mol. The van der Waals surface area contributed by atoms with Crippen molar-refractivity contribution >= 4 is 51.8 Å². The number of anilines is 1. The maximum atomic E-state index is 12.6. The van der Waals surface area contributed by atoms with Crippen molar-refractivity contribution in [2.24, 2.45) is 11.7 Å². The molecule has 1 aromatic rings. The second-order valence-electron chi connectivity index (χ2n) is 6.06. The van der Waals surface area contributed by atoms with Gasteiger partial charge in [0.2, 0.25) is 5.82 Å². The van der Waals surface area contributed by atoms with E-state index in [0.717, 1.165) is 6.42 Å². The molecule has 10 nitrogen and oxygen atoms in total. The Morgan fingerprint density at radius 3 is 2.67 bits per heavy atom. The standard InChI is InChI=1S/C15H21BrN6O4.ClH/c1-3-9(2)12(17)14(23)20-5-4-6-21(20)15(24)19-13-11(22(25)26)7-10(16)8-18-13;/h7-9,12H,3-6,17H2,1-2H3,(H,18,19,24);1H. The molecular formula is C15H22BrClN6O4. The molecule has 0 aromatic carbocycles. The predicted octanol–water partition coefficient (Wildman–Crippen LogP) is 2.53. The molecule has 12 heteroatoms. The van der Waals surface area contributed by atoms with Gasteiger partial charge in [-0.2, -0.15) is 0 Å². The van der Waals surface area contributed by atoms with Gasteiger partial charge in [0, 0.05) is 29.8 Å². The maximum absolute atomic E-state index is 12.6.